The summed E-state index contributed by atoms with van der Waals surface area (Å²) >= 11 is 0. The van der Waals surface area contributed by atoms with Crippen molar-refractivity contribution in [2.75, 3.05) is 36.1 Å². The number of rotatable bonds is 3. The number of ether oxygens (including phenoxy) is 3. The van der Waals surface area contributed by atoms with Crippen molar-refractivity contribution in [3.05, 3.63) is 28.1 Å². The predicted molar refractivity (Wildman–Crippen MR) is 111 cm³/mol. The lowest BCUT2D eigenvalue weighted by Crippen LogP contribution is -2.44. The minimum atomic E-state index is -1.22. The van der Waals surface area contributed by atoms with Crippen molar-refractivity contribution in [3.8, 4) is 0 Å². The second-order valence-corrected chi connectivity index (χ2v) is 8.94. The molecule has 0 N–H and O–H groups in total. The van der Waals surface area contributed by atoms with E-state index in [2.05, 4.69) is 0 Å². The van der Waals surface area contributed by atoms with Gasteiger partial charge < -0.3 is 19.1 Å². The van der Waals surface area contributed by atoms with Crippen LogP contribution in [0, 0.1) is 15.9 Å². The first kappa shape index (κ1) is 24.3. The topological polar surface area (TPSA) is 111 Å². The van der Waals surface area contributed by atoms with Crippen molar-refractivity contribution in [2.24, 2.45) is 0 Å². The maximum atomic E-state index is 15.0. The van der Waals surface area contributed by atoms with E-state index < -0.39 is 45.5 Å². The molecule has 1 aromatic carbocycles. The minimum absolute atomic E-state index is 0.0212. The van der Waals surface area contributed by atoms with Crippen molar-refractivity contribution >= 4 is 29.2 Å². The molecule has 1 fully saturated rings. The molecule has 2 rings (SSSR count). The average molecular weight is 441 g/mol. The van der Waals surface area contributed by atoms with Gasteiger partial charge in [-0.2, -0.15) is 4.90 Å². The molecule has 0 radical (unpaired) electrons. The fourth-order valence-electron chi connectivity index (χ4n) is 2.80. The lowest BCUT2D eigenvalue weighted by Gasteiger charge is -2.30. The Balaban J connectivity index is 2.59. The summed E-state index contributed by atoms with van der Waals surface area (Å²) in [4.78, 5) is 38.5. The van der Waals surface area contributed by atoms with Crippen molar-refractivity contribution in [1.29, 1.82) is 0 Å². The zero-order valence-electron chi connectivity index (χ0n) is 18.6. The summed E-state index contributed by atoms with van der Waals surface area (Å²) in [6.07, 6.45) is -2.44. The van der Waals surface area contributed by atoms with Crippen LogP contribution >= 0.6 is 0 Å². The number of imide groups is 1. The number of benzene rings is 1. The minimum Gasteiger partial charge on any atom is -0.443 e. The van der Waals surface area contributed by atoms with Gasteiger partial charge in [0.15, 0.2) is 0 Å². The fourth-order valence-corrected chi connectivity index (χ4v) is 2.80. The maximum absolute atomic E-state index is 15.0. The van der Waals surface area contributed by atoms with E-state index >= 15 is 4.39 Å². The zero-order valence-corrected chi connectivity index (χ0v) is 18.6. The quantitative estimate of drug-likeness (QED) is 0.506. The molecule has 0 aromatic heterocycles. The number of nitrogens with zero attached hydrogens (tertiary/aromatic N) is 3. The molecule has 31 heavy (non-hydrogen) atoms. The van der Waals surface area contributed by atoms with Gasteiger partial charge >= 0.3 is 12.2 Å². The highest BCUT2D eigenvalue weighted by atomic mass is 19.1. The zero-order chi connectivity index (χ0) is 23.6. The third-order valence-corrected chi connectivity index (χ3v) is 3.99. The van der Waals surface area contributed by atoms with Crippen molar-refractivity contribution in [3.63, 3.8) is 0 Å². The Morgan fingerprint density at radius 2 is 1.55 bits per heavy atom. The van der Waals surface area contributed by atoms with Gasteiger partial charge in [-0.25, -0.2) is 14.0 Å². The van der Waals surface area contributed by atoms with Gasteiger partial charge in [0.05, 0.1) is 23.8 Å². The molecule has 0 unspecified atom stereocenters. The van der Waals surface area contributed by atoms with Gasteiger partial charge in [-0.05, 0) is 41.5 Å². The van der Waals surface area contributed by atoms with Crippen LogP contribution in [-0.4, -0.2) is 54.6 Å². The molecule has 1 saturated heterocycles. The second-order valence-electron chi connectivity index (χ2n) is 8.94. The summed E-state index contributed by atoms with van der Waals surface area (Å²) in [5.74, 6) is -0.834. The summed E-state index contributed by atoms with van der Waals surface area (Å²) in [5.41, 5.74) is -3.27. The van der Waals surface area contributed by atoms with E-state index in [0.29, 0.717) is 31.2 Å². The van der Waals surface area contributed by atoms with Crippen LogP contribution in [0.15, 0.2) is 12.1 Å². The van der Waals surface area contributed by atoms with Gasteiger partial charge in [0.2, 0.25) is 0 Å². The van der Waals surface area contributed by atoms with E-state index in [-0.39, 0.29) is 5.69 Å². The number of nitro benzene ring substituents is 1. The van der Waals surface area contributed by atoms with Crippen LogP contribution in [-0.2, 0) is 14.2 Å². The number of carbonyl (C=O) groups is 2. The summed E-state index contributed by atoms with van der Waals surface area (Å²) in [5, 5.41) is 11.8. The van der Waals surface area contributed by atoms with Gasteiger partial charge in [-0.3, -0.25) is 10.1 Å². The predicted octanol–water partition coefficient (Wildman–Crippen LogP) is 4.25. The number of morpholine rings is 1. The number of carbonyl (C=O) groups excluding carboxylic acids is 2. The smallest absolute Gasteiger partial charge is 0.424 e. The molecular weight excluding hydrogens is 413 g/mol. The number of hydrogen-bond donors (Lipinski definition) is 0. The molecular formula is C20H28FN3O7. The molecule has 11 heteroatoms. The van der Waals surface area contributed by atoms with Gasteiger partial charge in [-0.15, -0.1) is 0 Å². The molecule has 1 aliphatic rings. The van der Waals surface area contributed by atoms with Crippen LogP contribution in [0.5, 0.6) is 0 Å². The largest absolute Gasteiger partial charge is 0.443 e. The number of halogens is 1. The highest BCUT2D eigenvalue weighted by molar-refractivity contribution is 6.11. The number of nitro groups is 1. The molecule has 2 amide bonds. The van der Waals surface area contributed by atoms with E-state index in [0.717, 1.165) is 12.1 Å². The monoisotopic (exact) mass is 441 g/mol. The Bertz CT molecular complexity index is 828. The first-order valence-electron chi connectivity index (χ1n) is 9.76. The van der Waals surface area contributed by atoms with Crippen molar-refractivity contribution in [2.45, 2.75) is 52.7 Å². The van der Waals surface area contributed by atoms with E-state index in [9.17, 15) is 19.7 Å². The van der Waals surface area contributed by atoms with Gasteiger partial charge in [0.1, 0.15) is 22.7 Å². The highest BCUT2D eigenvalue weighted by Gasteiger charge is 2.38. The van der Waals surface area contributed by atoms with Gasteiger partial charge in [-0.1, -0.05) is 0 Å². The number of amides is 2. The Morgan fingerprint density at radius 1 is 1.06 bits per heavy atom. The van der Waals surface area contributed by atoms with Crippen LogP contribution in [0.2, 0.25) is 0 Å². The lowest BCUT2D eigenvalue weighted by atomic mass is 10.1. The molecule has 0 aliphatic carbocycles. The first-order chi connectivity index (χ1) is 14.2. The van der Waals surface area contributed by atoms with Crippen LogP contribution < -0.4 is 9.80 Å². The number of anilines is 2. The van der Waals surface area contributed by atoms with E-state index in [1.807, 2.05) is 0 Å². The molecule has 10 nitrogen and oxygen atoms in total. The standard InChI is InChI=1S/C20H28FN3O7/c1-19(2,3)30-17(25)23(18(26)31-20(4,5)6)15-11-13(21)14(12-16(15)24(27)28)22-7-9-29-10-8-22/h11-12H,7-10H2,1-6H3. The third-order valence-electron chi connectivity index (χ3n) is 3.99. The molecule has 1 heterocycles. The molecule has 0 bridgehead atoms. The Kier molecular flexibility index (Phi) is 7.10. The Labute approximate surface area is 180 Å². The Hall–Kier alpha value is -2.95. The SMILES string of the molecule is CC(C)(C)OC(=O)N(C(=O)OC(C)(C)C)c1cc(F)c(N2CCOCC2)cc1[N+](=O)[O-]. The van der Waals surface area contributed by atoms with E-state index in [1.54, 1.807) is 46.4 Å². The average Bonchev–Trinajstić information content (AvgIpc) is 2.59. The fraction of sp³-hybridized carbons (Fsp3) is 0.600. The number of hydrogen-bond acceptors (Lipinski definition) is 8. The third kappa shape index (κ3) is 6.51. The molecule has 0 saturated carbocycles. The molecule has 172 valence electrons. The highest BCUT2D eigenvalue weighted by Crippen LogP contribution is 2.37. The molecule has 0 spiro atoms. The lowest BCUT2D eigenvalue weighted by molar-refractivity contribution is -0.384. The molecule has 0 atom stereocenters. The summed E-state index contributed by atoms with van der Waals surface area (Å²) in [6, 6.07) is 1.77. The molecule has 1 aromatic rings. The van der Waals surface area contributed by atoms with Crippen LogP contribution in [0.1, 0.15) is 41.5 Å². The summed E-state index contributed by atoms with van der Waals surface area (Å²) in [6.45, 7) is 10.8. The van der Waals surface area contributed by atoms with Crippen LogP contribution in [0.4, 0.5) is 31.0 Å². The Morgan fingerprint density at radius 3 is 1.97 bits per heavy atom. The van der Waals surface area contributed by atoms with E-state index in [4.69, 9.17) is 14.2 Å². The summed E-state index contributed by atoms with van der Waals surface area (Å²) < 4.78 is 30.7. The van der Waals surface area contributed by atoms with E-state index in [1.165, 1.54) is 0 Å². The second kappa shape index (κ2) is 9.04. The van der Waals surface area contributed by atoms with Crippen molar-refractivity contribution in [1.82, 2.24) is 0 Å². The van der Waals surface area contributed by atoms with Crippen molar-refractivity contribution < 1.29 is 33.1 Å². The van der Waals surface area contributed by atoms with Crippen LogP contribution in [0.25, 0.3) is 0 Å². The van der Waals surface area contributed by atoms with Gasteiger partial charge in [0, 0.05) is 25.2 Å². The van der Waals surface area contributed by atoms with Gasteiger partial charge in [0.25, 0.3) is 5.69 Å². The first-order valence-corrected chi connectivity index (χ1v) is 9.76. The summed E-state index contributed by atoms with van der Waals surface area (Å²) in [7, 11) is 0. The normalized spacial score (nSPS) is 14.7. The molecule has 1 aliphatic heterocycles. The maximum Gasteiger partial charge on any atom is 0.424 e. The van der Waals surface area contributed by atoms with Crippen LogP contribution in [0.3, 0.4) is 0 Å².